The van der Waals surface area contributed by atoms with E-state index in [1.54, 1.807) is 12.1 Å². The predicted molar refractivity (Wildman–Crippen MR) is 72.7 cm³/mol. The van der Waals surface area contributed by atoms with Crippen LogP contribution in [0.15, 0.2) is 36.4 Å². The topological polar surface area (TPSA) is 63.3 Å². The summed E-state index contributed by atoms with van der Waals surface area (Å²) in [7, 11) is 0. The molecule has 0 aliphatic rings. The van der Waals surface area contributed by atoms with E-state index in [0.717, 1.165) is 16.7 Å². The van der Waals surface area contributed by atoms with Gasteiger partial charge in [-0.2, -0.15) is 0 Å². The lowest BCUT2D eigenvalue weighted by Crippen LogP contribution is -1.99. The Hall–Kier alpha value is -2.29. The van der Waals surface area contributed by atoms with Crippen LogP contribution in [-0.2, 0) is 0 Å². The molecule has 2 aromatic carbocycles. The first kappa shape index (κ1) is 12.2. The van der Waals surface area contributed by atoms with Gasteiger partial charge in [-0.3, -0.25) is 0 Å². The van der Waals surface area contributed by atoms with Crippen LogP contribution in [0.1, 0.15) is 21.5 Å². The van der Waals surface area contributed by atoms with Crippen LogP contribution in [-0.4, -0.2) is 11.1 Å². The summed E-state index contributed by atoms with van der Waals surface area (Å²) in [4.78, 5) is 11.0. The van der Waals surface area contributed by atoms with Gasteiger partial charge in [0.25, 0.3) is 0 Å². The quantitative estimate of drug-likeness (QED) is 0.793. The molecular formula is C15H15NO2. The Morgan fingerprint density at radius 1 is 1.17 bits per heavy atom. The van der Waals surface area contributed by atoms with Gasteiger partial charge in [-0.1, -0.05) is 18.2 Å². The SMILES string of the molecule is Cc1cccc(-c2cc(N)cc(C(=O)O)c2)c1C. The standard InChI is InChI=1S/C15H15NO2/c1-9-4-3-5-14(10(9)2)11-6-12(15(17)18)8-13(16)7-11/h3-8H,16H2,1-2H3,(H,17,18). The number of carboxylic acid groups (broad SMARTS) is 1. The van der Waals surface area contributed by atoms with Gasteiger partial charge in [0.1, 0.15) is 0 Å². The van der Waals surface area contributed by atoms with Crippen LogP contribution in [0, 0.1) is 13.8 Å². The molecule has 3 heteroatoms. The number of rotatable bonds is 2. The van der Waals surface area contributed by atoms with Crippen molar-refractivity contribution in [3.63, 3.8) is 0 Å². The summed E-state index contributed by atoms with van der Waals surface area (Å²) in [6, 6.07) is 10.9. The van der Waals surface area contributed by atoms with Crippen molar-refractivity contribution in [2.24, 2.45) is 0 Å². The molecule has 0 bridgehead atoms. The third kappa shape index (κ3) is 2.20. The second-order valence-electron chi connectivity index (χ2n) is 4.40. The summed E-state index contributed by atoms with van der Waals surface area (Å²) in [5.41, 5.74) is 10.6. The van der Waals surface area contributed by atoms with Crippen LogP contribution < -0.4 is 5.73 Å². The predicted octanol–water partition coefficient (Wildman–Crippen LogP) is 3.25. The number of aromatic carboxylic acids is 1. The van der Waals surface area contributed by atoms with Crippen molar-refractivity contribution >= 4 is 11.7 Å². The van der Waals surface area contributed by atoms with Crippen molar-refractivity contribution in [2.45, 2.75) is 13.8 Å². The molecule has 0 atom stereocenters. The molecule has 0 aromatic heterocycles. The number of carbonyl (C=O) groups is 1. The normalized spacial score (nSPS) is 10.3. The maximum atomic E-state index is 11.0. The second kappa shape index (κ2) is 4.53. The van der Waals surface area contributed by atoms with Crippen LogP contribution in [0.5, 0.6) is 0 Å². The zero-order valence-electron chi connectivity index (χ0n) is 10.4. The summed E-state index contributed by atoms with van der Waals surface area (Å²) in [5, 5.41) is 9.05. The monoisotopic (exact) mass is 241 g/mol. The summed E-state index contributed by atoms with van der Waals surface area (Å²) in [5.74, 6) is -0.964. The number of anilines is 1. The van der Waals surface area contributed by atoms with E-state index < -0.39 is 5.97 Å². The summed E-state index contributed by atoms with van der Waals surface area (Å²) in [6.45, 7) is 4.05. The molecule has 0 heterocycles. The minimum Gasteiger partial charge on any atom is -0.478 e. The number of aryl methyl sites for hydroxylation is 1. The summed E-state index contributed by atoms with van der Waals surface area (Å²) < 4.78 is 0. The van der Waals surface area contributed by atoms with E-state index in [1.165, 1.54) is 11.6 Å². The highest BCUT2D eigenvalue weighted by molar-refractivity contribution is 5.91. The van der Waals surface area contributed by atoms with Crippen LogP contribution in [0.2, 0.25) is 0 Å². The summed E-state index contributed by atoms with van der Waals surface area (Å²) >= 11 is 0. The van der Waals surface area contributed by atoms with Gasteiger partial charge in [0.15, 0.2) is 0 Å². The molecule has 0 fully saturated rings. The molecule has 92 valence electrons. The fourth-order valence-electron chi connectivity index (χ4n) is 1.99. The molecule has 18 heavy (non-hydrogen) atoms. The fraction of sp³-hybridized carbons (Fsp3) is 0.133. The van der Waals surface area contributed by atoms with Crippen molar-refractivity contribution < 1.29 is 9.90 Å². The molecule has 3 nitrogen and oxygen atoms in total. The third-order valence-corrected chi connectivity index (χ3v) is 3.12. The first-order valence-corrected chi connectivity index (χ1v) is 5.69. The van der Waals surface area contributed by atoms with Crippen molar-refractivity contribution in [2.75, 3.05) is 5.73 Å². The van der Waals surface area contributed by atoms with Crippen LogP contribution in [0.3, 0.4) is 0 Å². The lowest BCUT2D eigenvalue weighted by Gasteiger charge is -2.10. The van der Waals surface area contributed by atoms with Crippen molar-refractivity contribution in [1.82, 2.24) is 0 Å². The Balaban J connectivity index is 2.64. The second-order valence-corrected chi connectivity index (χ2v) is 4.40. The van der Waals surface area contributed by atoms with Crippen LogP contribution in [0.25, 0.3) is 11.1 Å². The molecule has 0 unspecified atom stereocenters. The lowest BCUT2D eigenvalue weighted by atomic mass is 9.95. The average molecular weight is 241 g/mol. The van der Waals surface area contributed by atoms with Gasteiger partial charge in [-0.25, -0.2) is 4.79 Å². The van der Waals surface area contributed by atoms with E-state index in [1.807, 2.05) is 32.0 Å². The number of hydrogen-bond donors (Lipinski definition) is 2. The first-order valence-electron chi connectivity index (χ1n) is 5.69. The summed E-state index contributed by atoms with van der Waals surface area (Å²) in [6.07, 6.45) is 0. The maximum Gasteiger partial charge on any atom is 0.335 e. The Labute approximate surface area is 106 Å². The zero-order valence-corrected chi connectivity index (χ0v) is 10.4. The van der Waals surface area contributed by atoms with Crippen molar-refractivity contribution in [3.05, 3.63) is 53.1 Å². The number of carboxylic acids is 1. The minimum atomic E-state index is -0.964. The number of nitrogen functional groups attached to an aromatic ring is 1. The molecule has 2 aromatic rings. The zero-order chi connectivity index (χ0) is 13.3. The molecule has 0 aliphatic carbocycles. The first-order chi connectivity index (χ1) is 8.49. The van der Waals surface area contributed by atoms with Gasteiger partial charge in [0, 0.05) is 5.69 Å². The van der Waals surface area contributed by atoms with Gasteiger partial charge in [0.2, 0.25) is 0 Å². The molecule has 0 saturated carbocycles. The lowest BCUT2D eigenvalue weighted by molar-refractivity contribution is 0.0697. The minimum absolute atomic E-state index is 0.214. The number of hydrogen-bond acceptors (Lipinski definition) is 2. The third-order valence-electron chi connectivity index (χ3n) is 3.12. The van der Waals surface area contributed by atoms with Crippen molar-refractivity contribution in [1.29, 1.82) is 0 Å². The molecule has 0 spiro atoms. The smallest absolute Gasteiger partial charge is 0.335 e. The largest absolute Gasteiger partial charge is 0.478 e. The number of benzene rings is 2. The van der Waals surface area contributed by atoms with E-state index in [2.05, 4.69) is 0 Å². The van der Waals surface area contributed by atoms with Gasteiger partial charge < -0.3 is 10.8 Å². The Morgan fingerprint density at radius 2 is 1.89 bits per heavy atom. The van der Waals surface area contributed by atoms with Gasteiger partial charge in [-0.15, -0.1) is 0 Å². The Kier molecular flexibility index (Phi) is 3.06. The van der Waals surface area contributed by atoms with Crippen LogP contribution in [0.4, 0.5) is 5.69 Å². The molecule has 2 rings (SSSR count). The fourth-order valence-corrected chi connectivity index (χ4v) is 1.99. The Morgan fingerprint density at radius 3 is 2.56 bits per heavy atom. The molecule has 3 N–H and O–H groups in total. The molecule has 0 saturated heterocycles. The van der Waals surface area contributed by atoms with E-state index >= 15 is 0 Å². The van der Waals surface area contributed by atoms with Crippen molar-refractivity contribution in [3.8, 4) is 11.1 Å². The molecule has 0 radical (unpaired) electrons. The molecule has 0 aliphatic heterocycles. The highest BCUT2D eigenvalue weighted by atomic mass is 16.4. The van der Waals surface area contributed by atoms with Gasteiger partial charge >= 0.3 is 5.97 Å². The molecular weight excluding hydrogens is 226 g/mol. The molecule has 0 amide bonds. The van der Waals surface area contributed by atoms with E-state index in [-0.39, 0.29) is 5.56 Å². The van der Waals surface area contributed by atoms with Crippen LogP contribution >= 0.6 is 0 Å². The highest BCUT2D eigenvalue weighted by Crippen LogP contribution is 2.28. The van der Waals surface area contributed by atoms with Gasteiger partial charge in [0.05, 0.1) is 5.56 Å². The number of nitrogens with two attached hydrogens (primary N) is 1. The Bertz CT molecular complexity index is 618. The maximum absolute atomic E-state index is 11.0. The average Bonchev–Trinajstić information content (AvgIpc) is 2.31. The van der Waals surface area contributed by atoms with E-state index in [4.69, 9.17) is 10.8 Å². The van der Waals surface area contributed by atoms with E-state index in [0.29, 0.717) is 5.69 Å². The highest BCUT2D eigenvalue weighted by Gasteiger charge is 2.09. The van der Waals surface area contributed by atoms with Gasteiger partial charge in [-0.05, 0) is 54.3 Å². The van der Waals surface area contributed by atoms with E-state index in [9.17, 15) is 4.79 Å².